The largest absolute Gasteiger partial charge is 0.365 e. The number of nitrogens with zero attached hydrogens (tertiary/aromatic N) is 4. The maximum Gasteiger partial charge on any atom is 0.261 e. The Hall–Kier alpha value is -4.31. The van der Waals surface area contributed by atoms with Crippen LogP contribution in [0.3, 0.4) is 0 Å². The van der Waals surface area contributed by atoms with Crippen LogP contribution in [0.1, 0.15) is 56.4 Å². The third-order valence-electron chi connectivity index (χ3n) is 6.15. The number of benzene rings is 1. The van der Waals surface area contributed by atoms with E-state index in [-0.39, 0.29) is 17.5 Å². The van der Waals surface area contributed by atoms with E-state index in [9.17, 15) is 14.4 Å². The van der Waals surface area contributed by atoms with Crippen LogP contribution in [0.2, 0.25) is 5.02 Å². The van der Waals surface area contributed by atoms with Crippen LogP contribution in [0, 0.1) is 0 Å². The number of aryl methyl sites for hydroxylation is 1. The number of H-pyrrole nitrogens is 1. The Morgan fingerprint density at radius 3 is 2.78 bits per heavy atom. The third-order valence-corrected chi connectivity index (χ3v) is 6.37. The summed E-state index contributed by atoms with van der Waals surface area (Å²) in [5.41, 5.74) is 8.61. The normalized spacial score (nSPS) is 14.8. The van der Waals surface area contributed by atoms with Crippen LogP contribution < -0.4 is 16.6 Å². The molecule has 3 heterocycles. The van der Waals surface area contributed by atoms with E-state index >= 15 is 0 Å². The second-order valence-electron chi connectivity index (χ2n) is 8.55. The standard InChI is InChI=1S/C25H22ClN7O3/c26-15-8-9-21(28-11-15)22-13-33(32-31-22)12-14-4-1-2-5-16(14)24(35)29-19-6-3-7-20-17(19)10-18(23(27)34)25(36)30-20/h1-2,4-5,8-11,13,19H,3,6-7,12H2,(H2,27,34)(H,29,35)(H,30,36). The summed E-state index contributed by atoms with van der Waals surface area (Å²) in [6.45, 7) is 0.324. The minimum atomic E-state index is -0.805. The molecule has 0 spiro atoms. The molecule has 11 heteroatoms. The molecule has 0 bridgehead atoms. The molecule has 1 aromatic carbocycles. The molecule has 0 fully saturated rings. The van der Waals surface area contributed by atoms with Gasteiger partial charge >= 0.3 is 0 Å². The fraction of sp³-hybridized carbons (Fsp3) is 0.200. The van der Waals surface area contributed by atoms with Crippen molar-refractivity contribution in [2.75, 3.05) is 0 Å². The molecule has 4 aromatic rings. The molecular weight excluding hydrogens is 482 g/mol. The van der Waals surface area contributed by atoms with Crippen LogP contribution in [0.25, 0.3) is 11.4 Å². The molecule has 10 nitrogen and oxygen atoms in total. The SMILES string of the molecule is NC(=O)c1cc2c([nH]c1=O)CCCC2NC(=O)c1ccccc1Cn1cc(-c2ccc(Cl)cn2)nn1. The van der Waals surface area contributed by atoms with E-state index in [1.165, 1.54) is 6.07 Å². The van der Waals surface area contributed by atoms with Gasteiger partial charge in [-0.1, -0.05) is 35.0 Å². The van der Waals surface area contributed by atoms with Gasteiger partial charge in [0.15, 0.2) is 0 Å². The molecule has 0 radical (unpaired) electrons. The Morgan fingerprint density at radius 1 is 1.17 bits per heavy atom. The highest BCUT2D eigenvalue weighted by molar-refractivity contribution is 6.30. The van der Waals surface area contributed by atoms with Gasteiger partial charge in [0.1, 0.15) is 11.3 Å². The first-order valence-electron chi connectivity index (χ1n) is 11.4. The number of primary amides is 1. The summed E-state index contributed by atoms with van der Waals surface area (Å²) in [6.07, 6.45) is 5.41. The van der Waals surface area contributed by atoms with Gasteiger partial charge in [0, 0.05) is 17.5 Å². The first-order valence-corrected chi connectivity index (χ1v) is 11.7. The molecule has 5 rings (SSSR count). The van der Waals surface area contributed by atoms with Gasteiger partial charge in [0.25, 0.3) is 17.4 Å². The Kier molecular flexibility index (Phi) is 6.34. The van der Waals surface area contributed by atoms with E-state index in [0.717, 1.165) is 12.0 Å². The van der Waals surface area contributed by atoms with Crippen molar-refractivity contribution in [3.63, 3.8) is 0 Å². The van der Waals surface area contributed by atoms with Crippen LogP contribution in [0.5, 0.6) is 0 Å². The second-order valence-corrected chi connectivity index (χ2v) is 8.99. The number of hydrogen-bond donors (Lipinski definition) is 3. The predicted octanol–water partition coefficient (Wildman–Crippen LogP) is 2.64. The van der Waals surface area contributed by atoms with E-state index in [4.69, 9.17) is 17.3 Å². The molecule has 1 atom stereocenters. The number of carbonyl (C=O) groups is 2. The molecule has 36 heavy (non-hydrogen) atoms. The van der Waals surface area contributed by atoms with Gasteiger partial charge in [0.2, 0.25) is 0 Å². The van der Waals surface area contributed by atoms with Crippen LogP contribution in [-0.4, -0.2) is 36.8 Å². The summed E-state index contributed by atoms with van der Waals surface area (Å²) in [4.78, 5) is 44.2. The Labute approximate surface area is 210 Å². The summed E-state index contributed by atoms with van der Waals surface area (Å²) >= 11 is 5.91. The number of fused-ring (bicyclic) bond motifs is 1. The van der Waals surface area contributed by atoms with Crippen LogP contribution in [0.15, 0.2) is 59.7 Å². The van der Waals surface area contributed by atoms with Crippen molar-refractivity contribution in [2.45, 2.75) is 31.8 Å². The molecule has 182 valence electrons. The molecule has 4 N–H and O–H groups in total. The smallest absolute Gasteiger partial charge is 0.261 e. The topological polar surface area (TPSA) is 149 Å². The van der Waals surface area contributed by atoms with Crippen molar-refractivity contribution in [3.05, 3.63) is 98.2 Å². The van der Waals surface area contributed by atoms with Crippen molar-refractivity contribution in [2.24, 2.45) is 5.73 Å². The number of nitrogens with two attached hydrogens (primary N) is 1. The van der Waals surface area contributed by atoms with Gasteiger partial charge in [-0.2, -0.15) is 0 Å². The number of pyridine rings is 2. The number of rotatable bonds is 6. The summed E-state index contributed by atoms with van der Waals surface area (Å²) in [5.74, 6) is -1.07. The number of carbonyl (C=O) groups excluding carboxylic acids is 2. The third kappa shape index (κ3) is 4.76. The van der Waals surface area contributed by atoms with Crippen LogP contribution in [0.4, 0.5) is 0 Å². The summed E-state index contributed by atoms with van der Waals surface area (Å²) in [7, 11) is 0. The molecule has 0 saturated heterocycles. The van der Waals surface area contributed by atoms with Crippen LogP contribution >= 0.6 is 11.6 Å². The highest BCUT2D eigenvalue weighted by Crippen LogP contribution is 2.29. The molecule has 0 saturated carbocycles. The van der Waals surface area contributed by atoms with Gasteiger partial charge in [0.05, 0.1) is 29.5 Å². The Balaban J connectivity index is 1.37. The van der Waals surface area contributed by atoms with Gasteiger partial charge in [-0.25, -0.2) is 4.68 Å². The maximum atomic E-state index is 13.3. The molecule has 0 aliphatic heterocycles. The van der Waals surface area contributed by atoms with Gasteiger partial charge in [-0.15, -0.1) is 5.10 Å². The number of halogens is 1. The van der Waals surface area contributed by atoms with Crippen molar-refractivity contribution in [3.8, 4) is 11.4 Å². The van der Waals surface area contributed by atoms with Gasteiger partial charge in [-0.3, -0.25) is 19.4 Å². The number of hydrogen-bond acceptors (Lipinski definition) is 6. The monoisotopic (exact) mass is 503 g/mol. The number of amides is 2. The maximum absolute atomic E-state index is 13.3. The highest BCUT2D eigenvalue weighted by Gasteiger charge is 2.26. The quantitative estimate of drug-likeness (QED) is 0.368. The molecule has 1 unspecified atom stereocenters. The van der Waals surface area contributed by atoms with Crippen molar-refractivity contribution in [1.29, 1.82) is 0 Å². The van der Waals surface area contributed by atoms with Crippen molar-refractivity contribution in [1.82, 2.24) is 30.3 Å². The first kappa shape index (κ1) is 23.4. The van der Waals surface area contributed by atoms with Gasteiger partial charge in [-0.05, 0) is 54.7 Å². The first-order chi connectivity index (χ1) is 17.4. The zero-order valence-corrected chi connectivity index (χ0v) is 19.8. The minimum absolute atomic E-state index is 0.118. The number of aromatic nitrogens is 5. The average Bonchev–Trinajstić information content (AvgIpc) is 3.33. The highest BCUT2D eigenvalue weighted by atomic mass is 35.5. The molecular formula is C25H22ClN7O3. The Bertz CT molecular complexity index is 1510. The molecule has 2 amide bonds. The fourth-order valence-electron chi connectivity index (χ4n) is 4.38. The zero-order chi connectivity index (χ0) is 25.2. The average molecular weight is 504 g/mol. The summed E-state index contributed by atoms with van der Waals surface area (Å²) in [6, 6.07) is 11.9. The van der Waals surface area contributed by atoms with E-state index < -0.39 is 11.5 Å². The molecule has 1 aliphatic rings. The van der Waals surface area contributed by atoms with E-state index in [0.29, 0.717) is 52.6 Å². The number of aromatic amines is 1. The van der Waals surface area contributed by atoms with E-state index in [1.54, 1.807) is 41.3 Å². The zero-order valence-electron chi connectivity index (χ0n) is 19.1. The lowest BCUT2D eigenvalue weighted by Gasteiger charge is -2.26. The summed E-state index contributed by atoms with van der Waals surface area (Å²) < 4.78 is 1.64. The molecule has 1 aliphatic carbocycles. The summed E-state index contributed by atoms with van der Waals surface area (Å²) in [5, 5.41) is 11.9. The lowest BCUT2D eigenvalue weighted by molar-refractivity contribution is 0.0931. The van der Waals surface area contributed by atoms with Crippen molar-refractivity contribution < 1.29 is 9.59 Å². The lowest BCUT2D eigenvalue weighted by Crippen LogP contribution is -2.34. The second kappa shape index (κ2) is 9.74. The van der Waals surface area contributed by atoms with Crippen molar-refractivity contribution >= 4 is 23.4 Å². The lowest BCUT2D eigenvalue weighted by atomic mass is 9.90. The minimum Gasteiger partial charge on any atom is -0.365 e. The predicted molar refractivity (Wildman–Crippen MR) is 133 cm³/mol. The van der Waals surface area contributed by atoms with Crippen LogP contribution in [-0.2, 0) is 13.0 Å². The van der Waals surface area contributed by atoms with E-state index in [1.807, 2.05) is 12.1 Å². The van der Waals surface area contributed by atoms with E-state index in [2.05, 4.69) is 25.6 Å². The number of nitrogens with one attached hydrogen (secondary N) is 2. The van der Waals surface area contributed by atoms with Gasteiger partial charge < -0.3 is 16.0 Å². The molecule has 3 aromatic heterocycles. The Morgan fingerprint density at radius 2 is 2.00 bits per heavy atom. The fourth-order valence-corrected chi connectivity index (χ4v) is 4.50.